The molecule has 0 aliphatic carbocycles. The van der Waals surface area contributed by atoms with Crippen molar-refractivity contribution in [2.75, 3.05) is 0 Å². The lowest BCUT2D eigenvalue weighted by molar-refractivity contribution is 0.591. The first kappa shape index (κ1) is 22.8. The van der Waals surface area contributed by atoms with Gasteiger partial charge in [-0.1, -0.05) is 87.4 Å². The van der Waals surface area contributed by atoms with E-state index in [2.05, 4.69) is 100.0 Å². The van der Waals surface area contributed by atoms with E-state index in [0.29, 0.717) is 0 Å². The Morgan fingerprint density at radius 1 is 0.718 bits per heavy atom. The SMILES string of the molecule is Cc1cc2c3c(c1)C(C)(C)c1cc(C4N=CNC(c5ccccc5)=N4)cc4c5cc(C)cc(c5n-3c14)C2(C)C. The predicted molar refractivity (Wildman–Crippen MR) is 162 cm³/mol. The fourth-order valence-corrected chi connectivity index (χ4v) is 7.30. The van der Waals surface area contributed by atoms with Crippen LogP contribution in [0.2, 0.25) is 0 Å². The fourth-order valence-electron chi connectivity index (χ4n) is 7.30. The van der Waals surface area contributed by atoms with Gasteiger partial charge in [0.15, 0.2) is 6.17 Å². The number of fused-ring (bicyclic) bond motifs is 1. The van der Waals surface area contributed by atoms with Gasteiger partial charge in [-0.05, 0) is 59.9 Å². The van der Waals surface area contributed by atoms with E-state index in [4.69, 9.17) is 9.98 Å². The number of hydrogen-bond acceptors (Lipinski definition) is 3. The highest BCUT2D eigenvalue weighted by molar-refractivity contribution is 6.14. The molecule has 0 amide bonds. The van der Waals surface area contributed by atoms with Crippen LogP contribution in [0.15, 0.2) is 76.7 Å². The van der Waals surface area contributed by atoms with Gasteiger partial charge in [0.1, 0.15) is 5.84 Å². The zero-order valence-electron chi connectivity index (χ0n) is 23.3. The first-order valence-electron chi connectivity index (χ1n) is 13.9. The minimum Gasteiger partial charge on any atom is -0.331 e. The second-order valence-electron chi connectivity index (χ2n) is 12.6. The highest BCUT2D eigenvalue weighted by Crippen LogP contribution is 2.56. The van der Waals surface area contributed by atoms with Crippen molar-refractivity contribution < 1.29 is 0 Å². The molecule has 4 heteroatoms. The largest absolute Gasteiger partial charge is 0.331 e. The molecule has 1 unspecified atom stereocenters. The summed E-state index contributed by atoms with van der Waals surface area (Å²) in [6.07, 6.45) is 1.50. The zero-order chi connectivity index (χ0) is 26.8. The van der Waals surface area contributed by atoms with E-state index in [0.717, 1.165) is 17.0 Å². The molecule has 0 spiro atoms. The van der Waals surface area contributed by atoms with E-state index in [1.165, 1.54) is 60.9 Å². The van der Waals surface area contributed by atoms with Crippen LogP contribution in [0.4, 0.5) is 0 Å². The number of aryl methyl sites for hydroxylation is 2. The second-order valence-corrected chi connectivity index (χ2v) is 12.6. The summed E-state index contributed by atoms with van der Waals surface area (Å²) >= 11 is 0. The van der Waals surface area contributed by atoms with Crippen LogP contribution in [0.1, 0.15) is 78.4 Å². The smallest absolute Gasteiger partial charge is 0.169 e. The highest BCUT2D eigenvalue weighted by Gasteiger charge is 2.44. The topological polar surface area (TPSA) is 41.7 Å². The van der Waals surface area contributed by atoms with Crippen molar-refractivity contribution in [2.24, 2.45) is 9.98 Å². The number of hydrogen-bond donors (Lipinski definition) is 1. The van der Waals surface area contributed by atoms with Crippen molar-refractivity contribution in [2.45, 2.75) is 58.5 Å². The normalized spacial score (nSPS) is 19.4. The van der Waals surface area contributed by atoms with Gasteiger partial charge in [-0.15, -0.1) is 0 Å². The molecule has 39 heavy (non-hydrogen) atoms. The van der Waals surface area contributed by atoms with Crippen molar-refractivity contribution in [1.29, 1.82) is 0 Å². The monoisotopic (exact) mass is 508 g/mol. The van der Waals surface area contributed by atoms with E-state index in [1.54, 1.807) is 6.34 Å². The average Bonchev–Trinajstić information content (AvgIpc) is 3.25. The summed E-state index contributed by atoms with van der Waals surface area (Å²) in [5, 5.41) is 5.90. The second kappa shape index (κ2) is 7.26. The van der Waals surface area contributed by atoms with Crippen LogP contribution >= 0.6 is 0 Å². The summed E-state index contributed by atoms with van der Waals surface area (Å²) in [5.74, 6) is 0.856. The predicted octanol–water partition coefficient (Wildman–Crippen LogP) is 7.76. The van der Waals surface area contributed by atoms with E-state index in [1.807, 2.05) is 18.2 Å². The molecule has 4 nitrogen and oxygen atoms in total. The van der Waals surface area contributed by atoms with E-state index in [9.17, 15) is 0 Å². The van der Waals surface area contributed by atoms with Gasteiger partial charge in [0.25, 0.3) is 0 Å². The summed E-state index contributed by atoms with van der Waals surface area (Å²) in [7, 11) is 0. The van der Waals surface area contributed by atoms with Crippen molar-refractivity contribution in [3.05, 3.63) is 111 Å². The third-order valence-corrected chi connectivity index (χ3v) is 9.31. The van der Waals surface area contributed by atoms with Crippen molar-refractivity contribution in [1.82, 2.24) is 9.88 Å². The number of amidine groups is 1. The number of nitrogens with zero attached hydrogens (tertiary/aromatic N) is 3. The lowest BCUT2D eigenvalue weighted by Crippen LogP contribution is -2.34. The van der Waals surface area contributed by atoms with Crippen LogP contribution in [-0.2, 0) is 10.8 Å². The van der Waals surface area contributed by atoms with E-state index < -0.39 is 0 Å². The van der Waals surface area contributed by atoms with Crippen LogP contribution < -0.4 is 5.32 Å². The van der Waals surface area contributed by atoms with Gasteiger partial charge in [-0.3, -0.25) is 0 Å². The van der Waals surface area contributed by atoms with Crippen molar-refractivity contribution in [3.8, 4) is 5.69 Å². The molecule has 1 N–H and O–H groups in total. The number of aliphatic imine (C=N–C) groups is 2. The summed E-state index contributed by atoms with van der Waals surface area (Å²) in [4.78, 5) is 9.89. The Labute approximate surface area is 229 Å². The highest BCUT2D eigenvalue weighted by atomic mass is 15.2. The number of rotatable bonds is 2. The maximum atomic E-state index is 5.08. The Hall–Kier alpha value is -4.18. The Morgan fingerprint density at radius 2 is 1.31 bits per heavy atom. The Balaban J connectivity index is 1.49. The maximum absolute atomic E-state index is 5.08. The van der Waals surface area contributed by atoms with Gasteiger partial charge >= 0.3 is 0 Å². The quantitative estimate of drug-likeness (QED) is 0.260. The van der Waals surface area contributed by atoms with Gasteiger partial charge < -0.3 is 9.88 Å². The third-order valence-electron chi connectivity index (χ3n) is 9.31. The minimum atomic E-state index is -0.295. The molecule has 0 radical (unpaired) electrons. The molecule has 0 bridgehead atoms. The standard InChI is InChI=1S/C35H32N4/c1-19-12-23-24-16-22(33-37-18-36-32(38-33)21-10-8-7-9-11-21)17-28-30(24)39-29(23)25(13-19)34(3,4)26-14-20(2)15-27(31(26)39)35(28,5)6/h7-18,33H,1-6H3,(H,36,37,38). The summed E-state index contributed by atoms with van der Waals surface area (Å²) in [6.45, 7) is 14.0. The number of benzene rings is 4. The molecule has 3 aliphatic heterocycles. The third kappa shape index (κ3) is 2.84. The summed E-state index contributed by atoms with van der Waals surface area (Å²) < 4.78 is 2.59. The lowest BCUT2D eigenvalue weighted by Gasteiger charge is -2.42. The molecule has 192 valence electrons. The molecular weight excluding hydrogens is 476 g/mol. The Bertz CT molecular complexity index is 1950. The summed E-state index contributed by atoms with van der Waals surface area (Å²) in [6, 6.07) is 24.6. The molecular formula is C35H32N4. The molecule has 0 saturated carbocycles. The number of nitrogens with one attached hydrogen (secondary N) is 1. The fraction of sp³-hybridized carbons (Fsp3) is 0.257. The molecule has 8 rings (SSSR count). The van der Waals surface area contributed by atoms with Crippen molar-refractivity contribution in [3.63, 3.8) is 0 Å². The first-order chi connectivity index (χ1) is 18.7. The van der Waals surface area contributed by atoms with Crippen LogP contribution in [-0.4, -0.2) is 16.7 Å². The van der Waals surface area contributed by atoms with Gasteiger partial charge in [-0.25, -0.2) is 9.98 Å². The van der Waals surface area contributed by atoms with Gasteiger partial charge in [-0.2, -0.15) is 0 Å². The maximum Gasteiger partial charge on any atom is 0.169 e. The molecule has 5 aromatic rings. The molecule has 1 atom stereocenters. The molecule has 1 aromatic heterocycles. The Morgan fingerprint density at radius 3 is 2.00 bits per heavy atom. The molecule has 0 fully saturated rings. The van der Waals surface area contributed by atoms with Crippen LogP contribution in [0, 0.1) is 13.8 Å². The molecule has 3 aliphatic rings. The first-order valence-corrected chi connectivity index (χ1v) is 13.9. The van der Waals surface area contributed by atoms with E-state index in [-0.39, 0.29) is 17.0 Å². The van der Waals surface area contributed by atoms with Gasteiger partial charge in [0.05, 0.1) is 23.1 Å². The summed E-state index contributed by atoms with van der Waals surface area (Å²) in [5.41, 5.74) is 14.2. The average molecular weight is 509 g/mol. The van der Waals surface area contributed by atoms with Gasteiger partial charge in [0.2, 0.25) is 0 Å². The van der Waals surface area contributed by atoms with Gasteiger partial charge in [0, 0.05) is 27.2 Å². The van der Waals surface area contributed by atoms with Crippen LogP contribution in [0.25, 0.3) is 27.5 Å². The minimum absolute atomic E-state index is 0.0879. The van der Waals surface area contributed by atoms with E-state index >= 15 is 0 Å². The van der Waals surface area contributed by atoms with Crippen LogP contribution in [0.5, 0.6) is 0 Å². The molecule has 0 saturated heterocycles. The number of aromatic nitrogens is 1. The van der Waals surface area contributed by atoms with Crippen molar-refractivity contribution >= 4 is 34.0 Å². The molecule has 4 heterocycles. The van der Waals surface area contributed by atoms with Crippen LogP contribution in [0.3, 0.4) is 0 Å². The zero-order valence-corrected chi connectivity index (χ0v) is 23.3. The lowest BCUT2D eigenvalue weighted by atomic mass is 9.68. The molecule has 4 aromatic carbocycles. The Kier molecular flexibility index (Phi) is 4.24.